The predicted octanol–water partition coefficient (Wildman–Crippen LogP) is 1.89. The molecule has 0 aromatic carbocycles. The van der Waals surface area contributed by atoms with Crippen molar-refractivity contribution in [2.45, 2.75) is 63.3 Å². The van der Waals surface area contributed by atoms with Gasteiger partial charge in [0.15, 0.2) is 5.82 Å². The first-order valence-corrected chi connectivity index (χ1v) is 9.37. The van der Waals surface area contributed by atoms with E-state index >= 15 is 0 Å². The van der Waals surface area contributed by atoms with Gasteiger partial charge in [-0.25, -0.2) is 4.68 Å². The highest BCUT2D eigenvalue weighted by Gasteiger charge is 2.31. The van der Waals surface area contributed by atoms with Gasteiger partial charge < -0.3 is 9.84 Å². The molecule has 2 aliphatic carbocycles. The molecule has 8 nitrogen and oxygen atoms in total. The van der Waals surface area contributed by atoms with Crippen LogP contribution in [0.1, 0.15) is 67.2 Å². The second kappa shape index (κ2) is 7.39. The van der Waals surface area contributed by atoms with E-state index in [2.05, 4.69) is 37.0 Å². The van der Waals surface area contributed by atoms with Gasteiger partial charge >= 0.3 is 0 Å². The van der Waals surface area contributed by atoms with Crippen LogP contribution >= 0.6 is 0 Å². The van der Waals surface area contributed by atoms with Crippen LogP contribution < -0.4 is 5.32 Å². The lowest BCUT2D eigenvalue weighted by atomic mass is 9.89. The second-order valence-corrected chi connectivity index (χ2v) is 7.12. The van der Waals surface area contributed by atoms with E-state index in [4.69, 9.17) is 4.52 Å². The fourth-order valence-corrected chi connectivity index (χ4v) is 3.95. The molecule has 2 aromatic rings. The molecular formula is C18H24N6O2. The number of nitrogens with zero attached hydrogens (tertiary/aromatic N) is 5. The van der Waals surface area contributed by atoms with Gasteiger partial charge in [-0.1, -0.05) is 29.3 Å². The third-order valence-electron chi connectivity index (χ3n) is 5.31. The second-order valence-electron chi connectivity index (χ2n) is 7.12. The molecule has 2 aliphatic rings. The first-order valence-electron chi connectivity index (χ1n) is 9.37. The summed E-state index contributed by atoms with van der Waals surface area (Å²) < 4.78 is 7.59. The van der Waals surface area contributed by atoms with Crippen molar-refractivity contribution < 1.29 is 9.32 Å². The first kappa shape index (κ1) is 16.9. The van der Waals surface area contributed by atoms with Gasteiger partial charge in [0, 0.05) is 18.9 Å². The molecule has 0 spiro atoms. The van der Waals surface area contributed by atoms with Crippen molar-refractivity contribution in [2.24, 2.45) is 0 Å². The minimum absolute atomic E-state index is 0.122. The standard InChI is InChI=1S/C18H24N6O2/c1-2-9-19-17(25)11-16-20-18(26-22-16)12-7-8-14-15(10-12)24(23-21-14)13-5-3-4-6-13/h2,12-13H,1,3-11H2,(H,19,25). The van der Waals surface area contributed by atoms with Gasteiger partial charge in [0.05, 0.1) is 23.9 Å². The summed E-state index contributed by atoms with van der Waals surface area (Å²) in [5, 5.41) is 15.5. The molecule has 1 saturated carbocycles. The minimum Gasteiger partial charge on any atom is -0.352 e. The number of carbonyl (C=O) groups is 1. The maximum Gasteiger partial charge on any atom is 0.230 e. The van der Waals surface area contributed by atoms with Gasteiger partial charge in [0.25, 0.3) is 0 Å². The number of aromatic nitrogens is 5. The maximum atomic E-state index is 11.8. The average molecular weight is 356 g/mol. The summed E-state index contributed by atoms with van der Waals surface area (Å²) in [5.74, 6) is 1.07. The zero-order valence-corrected chi connectivity index (χ0v) is 14.9. The van der Waals surface area contributed by atoms with Crippen molar-refractivity contribution in [3.05, 3.63) is 35.8 Å². The van der Waals surface area contributed by atoms with Gasteiger partial charge in [-0.3, -0.25) is 4.79 Å². The smallest absolute Gasteiger partial charge is 0.230 e. The van der Waals surface area contributed by atoms with Crippen molar-refractivity contribution in [3.8, 4) is 0 Å². The minimum atomic E-state index is -0.133. The Balaban J connectivity index is 1.45. The van der Waals surface area contributed by atoms with Gasteiger partial charge in [-0.2, -0.15) is 4.98 Å². The molecule has 1 fully saturated rings. The Labute approximate surface area is 152 Å². The molecular weight excluding hydrogens is 332 g/mol. The van der Waals surface area contributed by atoms with E-state index in [0.717, 1.165) is 25.0 Å². The zero-order chi connectivity index (χ0) is 17.9. The summed E-state index contributed by atoms with van der Waals surface area (Å²) in [6.45, 7) is 4.02. The molecule has 4 rings (SSSR count). The lowest BCUT2D eigenvalue weighted by Gasteiger charge is -2.21. The highest BCUT2D eigenvalue weighted by atomic mass is 16.5. The average Bonchev–Trinajstić information content (AvgIpc) is 3.39. The van der Waals surface area contributed by atoms with Crippen LogP contribution in [0.2, 0.25) is 0 Å². The number of rotatable bonds is 6. The largest absolute Gasteiger partial charge is 0.352 e. The summed E-state index contributed by atoms with van der Waals surface area (Å²) >= 11 is 0. The number of amides is 1. The van der Waals surface area contributed by atoms with E-state index in [1.54, 1.807) is 6.08 Å². The van der Waals surface area contributed by atoms with E-state index in [-0.39, 0.29) is 18.2 Å². The third-order valence-corrected chi connectivity index (χ3v) is 5.31. The Morgan fingerprint density at radius 1 is 1.35 bits per heavy atom. The van der Waals surface area contributed by atoms with Gasteiger partial charge in [-0.05, 0) is 25.7 Å². The number of carbonyl (C=O) groups excluding carboxylic acids is 1. The summed E-state index contributed by atoms with van der Waals surface area (Å²) in [6.07, 6.45) is 9.29. The maximum absolute atomic E-state index is 11.8. The quantitative estimate of drug-likeness (QED) is 0.794. The molecule has 138 valence electrons. The van der Waals surface area contributed by atoms with E-state index in [0.29, 0.717) is 24.3 Å². The number of nitrogens with one attached hydrogen (secondary N) is 1. The van der Waals surface area contributed by atoms with E-state index < -0.39 is 0 Å². The van der Waals surface area contributed by atoms with Gasteiger partial charge in [0.1, 0.15) is 0 Å². The van der Waals surface area contributed by atoms with Crippen LogP contribution in [-0.4, -0.2) is 37.6 Å². The topological polar surface area (TPSA) is 98.7 Å². The Morgan fingerprint density at radius 2 is 2.19 bits per heavy atom. The summed E-state index contributed by atoms with van der Waals surface area (Å²) in [6, 6.07) is 0.483. The van der Waals surface area contributed by atoms with E-state index in [1.807, 2.05) is 0 Å². The van der Waals surface area contributed by atoms with Crippen LogP contribution in [0.5, 0.6) is 0 Å². The third kappa shape index (κ3) is 3.40. The summed E-state index contributed by atoms with van der Waals surface area (Å²) in [4.78, 5) is 16.2. The number of aryl methyl sites for hydroxylation is 1. The molecule has 1 amide bonds. The highest BCUT2D eigenvalue weighted by Crippen LogP contribution is 2.35. The molecule has 8 heteroatoms. The highest BCUT2D eigenvalue weighted by molar-refractivity contribution is 5.77. The van der Waals surface area contributed by atoms with Crippen molar-refractivity contribution in [3.63, 3.8) is 0 Å². The Hall–Kier alpha value is -2.51. The van der Waals surface area contributed by atoms with Gasteiger partial charge in [-0.15, -0.1) is 11.7 Å². The fraction of sp³-hybridized carbons (Fsp3) is 0.611. The molecule has 0 saturated heterocycles. The Bertz CT molecular complexity index is 789. The van der Waals surface area contributed by atoms with Crippen LogP contribution in [0.25, 0.3) is 0 Å². The lowest BCUT2D eigenvalue weighted by molar-refractivity contribution is -0.120. The molecule has 26 heavy (non-hydrogen) atoms. The summed E-state index contributed by atoms with van der Waals surface area (Å²) in [5.41, 5.74) is 2.33. The first-order chi connectivity index (χ1) is 12.7. The van der Waals surface area contributed by atoms with Crippen LogP contribution in [0.4, 0.5) is 0 Å². The molecule has 0 aliphatic heterocycles. The monoisotopic (exact) mass is 356 g/mol. The number of hydrogen-bond donors (Lipinski definition) is 1. The molecule has 1 atom stereocenters. The molecule has 1 unspecified atom stereocenters. The fourth-order valence-electron chi connectivity index (χ4n) is 3.95. The van der Waals surface area contributed by atoms with Crippen molar-refractivity contribution in [1.82, 2.24) is 30.5 Å². The van der Waals surface area contributed by atoms with E-state index in [9.17, 15) is 4.79 Å². The van der Waals surface area contributed by atoms with Crippen LogP contribution in [0.3, 0.4) is 0 Å². The lowest BCUT2D eigenvalue weighted by Crippen LogP contribution is -2.25. The molecule has 1 N–H and O–H groups in total. The van der Waals surface area contributed by atoms with Crippen molar-refractivity contribution in [2.75, 3.05) is 6.54 Å². The van der Waals surface area contributed by atoms with Crippen molar-refractivity contribution >= 4 is 5.91 Å². The van der Waals surface area contributed by atoms with Crippen LogP contribution in [0.15, 0.2) is 17.2 Å². The molecule has 0 bridgehead atoms. The van der Waals surface area contributed by atoms with Crippen LogP contribution in [0, 0.1) is 0 Å². The summed E-state index contributed by atoms with van der Waals surface area (Å²) in [7, 11) is 0. The van der Waals surface area contributed by atoms with Crippen LogP contribution in [-0.2, 0) is 24.1 Å². The molecule has 2 heterocycles. The SMILES string of the molecule is C=CCNC(=O)Cc1noc(C2CCc3nnn(C4CCCC4)c3C2)n1. The Morgan fingerprint density at radius 3 is 3.00 bits per heavy atom. The normalized spacial score (nSPS) is 20.1. The number of fused-ring (bicyclic) bond motifs is 1. The van der Waals surface area contributed by atoms with E-state index in [1.165, 1.54) is 31.4 Å². The predicted molar refractivity (Wildman–Crippen MR) is 93.5 cm³/mol. The zero-order valence-electron chi connectivity index (χ0n) is 14.9. The van der Waals surface area contributed by atoms with Crippen molar-refractivity contribution in [1.29, 1.82) is 0 Å². The molecule has 2 aromatic heterocycles. The molecule has 0 radical (unpaired) electrons. The van der Waals surface area contributed by atoms with Gasteiger partial charge in [0.2, 0.25) is 11.8 Å². The number of hydrogen-bond acceptors (Lipinski definition) is 6. The Kier molecular flexibility index (Phi) is 4.81.